The lowest BCUT2D eigenvalue weighted by molar-refractivity contribution is 0.302. The second-order valence-electron chi connectivity index (χ2n) is 6.31. The fourth-order valence-corrected chi connectivity index (χ4v) is 3.75. The first-order valence-electron chi connectivity index (χ1n) is 9.28. The molecule has 152 valence electrons. The van der Waals surface area contributed by atoms with Crippen LogP contribution in [0.1, 0.15) is 48.7 Å². The highest BCUT2D eigenvalue weighted by molar-refractivity contribution is 14.0. The van der Waals surface area contributed by atoms with E-state index in [1.165, 1.54) is 4.88 Å². The summed E-state index contributed by atoms with van der Waals surface area (Å²) < 4.78 is 5.44. The molecule has 0 aliphatic rings. The standard InChI is InChI=1S/C19H31N5OS.HI/c1-6-15-14(17(7-2)25-23-15)12-21-19(20-8-3)22-13-16(24(4)5)18-10-9-11-26-18;/h9-11,16H,6-8,12-13H2,1-5H3,(H2,20,21,22);1H. The van der Waals surface area contributed by atoms with Gasteiger partial charge in [0.15, 0.2) is 5.96 Å². The molecule has 6 nitrogen and oxygen atoms in total. The number of hydrogen-bond acceptors (Lipinski definition) is 5. The quantitative estimate of drug-likeness (QED) is 0.308. The van der Waals surface area contributed by atoms with Crippen LogP contribution in [0.4, 0.5) is 0 Å². The molecule has 2 aromatic heterocycles. The first kappa shape index (κ1) is 23.9. The Kier molecular flexibility index (Phi) is 10.9. The lowest BCUT2D eigenvalue weighted by Gasteiger charge is -2.24. The molecule has 2 heterocycles. The highest BCUT2D eigenvalue weighted by Gasteiger charge is 2.16. The van der Waals surface area contributed by atoms with Crippen LogP contribution in [0.3, 0.4) is 0 Å². The SMILES string of the molecule is CCNC(=NCc1c(CC)noc1CC)NCC(c1cccs1)N(C)C.I. The van der Waals surface area contributed by atoms with Gasteiger partial charge in [0.2, 0.25) is 0 Å². The van der Waals surface area contributed by atoms with Gasteiger partial charge in [-0.2, -0.15) is 0 Å². The number of halogens is 1. The lowest BCUT2D eigenvalue weighted by Crippen LogP contribution is -2.41. The van der Waals surface area contributed by atoms with Gasteiger partial charge in [-0.3, -0.25) is 0 Å². The van der Waals surface area contributed by atoms with Crippen molar-refractivity contribution in [2.45, 2.75) is 46.2 Å². The molecule has 2 aromatic rings. The van der Waals surface area contributed by atoms with Gasteiger partial charge in [0.25, 0.3) is 0 Å². The first-order valence-corrected chi connectivity index (χ1v) is 10.2. The number of aliphatic imine (C=N–C) groups is 1. The second-order valence-corrected chi connectivity index (χ2v) is 7.29. The van der Waals surface area contributed by atoms with Crippen LogP contribution in [0.2, 0.25) is 0 Å². The number of guanidine groups is 1. The molecule has 0 aromatic carbocycles. The molecule has 0 radical (unpaired) electrons. The van der Waals surface area contributed by atoms with Crippen molar-refractivity contribution in [3.63, 3.8) is 0 Å². The number of aromatic nitrogens is 1. The van der Waals surface area contributed by atoms with Crippen LogP contribution in [-0.2, 0) is 19.4 Å². The van der Waals surface area contributed by atoms with Crippen molar-refractivity contribution in [1.82, 2.24) is 20.7 Å². The van der Waals surface area contributed by atoms with E-state index in [0.717, 1.165) is 48.9 Å². The number of thiophene rings is 1. The molecule has 0 aliphatic heterocycles. The minimum absolute atomic E-state index is 0. The van der Waals surface area contributed by atoms with E-state index in [9.17, 15) is 0 Å². The molecule has 27 heavy (non-hydrogen) atoms. The fraction of sp³-hybridized carbons (Fsp3) is 0.579. The van der Waals surface area contributed by atoms with Crippen LogP contribution < -0.4 is 10.6 Å². The van der Waals surface area contributed by atoms with E-state index in [1.54, 1.807) is 11.3 Å². The van der Waals surface area contributed by atoms with E-state index < -0.39 is 0 Å². The molecule has 2 rings (SSSR count). The molecular weight excluding hydrogens is 473 g/mol. The normalized spacial score (nSPS) is 12.7. The van der Waals surface area contributed by atoms with E-state index in [4.69, 9.17) is 9.52 Å². The average molecular weight is 505 g/mol. The van der Waals surface area contributed by atoms with Crippen molar-refractivity contribution in [3.8, 4) is 0 Å². The highest BCUT2D eigenvalue weighted by atomic mass is 127. The molecule has 1 atom stereocenters. The zero-order chi connectivity index (χ0) is 18.9. The van der Waals surface area contributed by atoms with Gasteiger partial charge in [-0.1, -0.05) is 25.1 Å². The monoisotopic (exact) mass is 505 g/mol. The molecule has 0 amide bonds. The third-order valence-corrected chi connectivity index (χ3v) is 5.28. The Balaban J connectivity index is 0.00000364. The van der Waals surface area contributed by atoms with Gasteiger partial charge in [-0.15, -0.1) is 35.3 Å². The zero-order valence-corrected chi connectivity index (χ0v) is 20.1. The minimum atomic E-state index is 0. The van der Waals surface area contributed by atoms with Crippen molar-refractivity contribution in [1.29, 1.82) is 0 Å². The smallest absolute Gasteiger partial charge is 0.191 e. The van der Waals surface area contributed by atoms with Crippen molar-refractivity contribution in [2.24, 2.45) is 4.99 Å². The topological polar surface area (TPSA) is 65.7 Å². The van der Waals surface area contributed by atoms with Crippen molar-refractivity contribution in [3.05, 3.63) is 39.4 Å². The van der Waals surface area contributed by atoms with Crippen LogP contribution in [0.5, 0.6) is 0 Å². The molecule has 8 heteroatoms. The summed E-state index contributed by atoms with van der Waals surface area (Å²) in [5.41, 5.74) is 2.13. The summed E-state index contributed by atoms with van der Waals surface area (Å²) >= 11 is 1.78. The van der Waals surface area contributed by atoms with Crippen molar-refractivity contribution in [2.75, 3.05) is 27.2 Å². The summed E-state index contributed by atoms with van der Waals surface area (Å²) in [7, 11) is 4.21. The Morgan fingerprint density at radius 2 is 2.04 bits per heavy atom. The minimum Gasteiger partial charge on any atom is -0.361 e. The maximum Gasteiger partial charge on any atom is 0.191 e. The summed E-state index contributed by atoms with van der Waals surface area (Å²) in [5, 5.41) is 13.1. The number of likely N-dealkylation sites (N-methyl/N-ethyl adjacent to an activating group) is 1. The number of nitrogens with zero attached hydrogens (tertiary/aromatic N) is 3. The van der Waals surface area contributed by atoms with Crippen LogP contribution >= 0.6 is 35.3 Å². The number of nitrogens with one attached hydrogen (secondary N) is 2. The molecule has 0 bridgehead atoms. The Morgan fingerprint density at radius 3 is 2.59 bits per heavy atom. The maximum absolute atomic E-state index is 5.44. The average Bonchev–Trinajstić information content (AvgIpc) is 3.28. The number of aryl methyl sites for hydroxylation is 2. The van der Waals surface area contributed by atoms with Gasteiger partial charge in [0.05, 0.1) is 18.3 Å². The third kappa shape index (κ3) is 6.76. The molecule has 2 N–H and O–H groups in total. The maximum atomic E-state index is 5.44. The fourth-order valence-electron chi connectivity index (χ4n) is 2.83. The molecular formula is C19H32IN5OS. The van der Waals surface area contributed by atoms with Crippen LogP contribution in [0.25, 0.3) is 0 Å². The lowest BCUT2D eigenvalue weighted by atomic mass is 10.1. The predicted molar refractivity (Wildman–Crippen MR) is 124 cm³/mol. The molecule has 0 saturated carbocycles. The van der Waals surface area contributed by atoms with Gasteiger partial charge in [0.1, 0.15) is 5.76 Å². The zero-order valence-electron chi connectivity index (χ0n) is 16.9. The van der Waals surface area contributed by atoms with E-state index in [2.05, 4.69) is 73.1 Å². The molecule has 0 saturated heterocycles. The number of rotatable bonds is 9. The van der Waals surface area contributed by atoms with Gasteiger partial charge in [-0.25, -0.2) is 4.99 Å². The predicted octanol–water partition coefficient (Wildman–Crippen LogP) is 3.84. The Morgan fingerprint density at radius 1 is 1.26 bits per heavy atom. The first-order chi connectivity index (χ1) is 12.6. The van der Waals surface area contributed by atoms with Gasteiger partial charge in [0, 0.05) is 30.0 Å². The van der Waals surface area contributed by atoms with E-state index in [1.807, 2.05) is 0 Å². The molecule has 1 unspecified atom stereocenters. The summed E-state index contributed by atoms with van der Waals surface area (Å²) in [6.07, 6.45) is 1.70. The molecule has 0 spiro atoms. The summed E-state index contributed by atoms with van der Waals surface area (Å²) in [6.45, 7) is 8.45. The van der Waals surface area contributed by atoms with Gasteiger partial charge >= 0.3 is 0 Å². The van der Waals surface area contributed by atoms with Crippen LogP contribution in [0.15, 0.2) is 27.0 Å². The van der Waals surface area contributed by atoms with E-state index in [-0.39, 0.29) is 24.0 Å². The van der Waals surface area contributed by atoms with Gasteiger partial charge in [-0.05, 0) is 38.9 Å². The highest BCUT2D eigenvalue weighted by Crippen LogP contribution is 2.22. The summed E-state index contributed by atoms with van der Waals surface area (Å²) in [4.78, 5) is 8.34. The van der Waals surface area contributed by atoms with Crippen LogP contribution in [-0.4, -0.2) is 43.2 Å². The number of hydrogen-bond donors (Lipinski definition) is 2. The van der Waals surface area contributed by atoms with E-state index >= 15 is 0 Å². The van der Waals surface area contributed by atoms with Crippen molar-refractivity contribution >= 4 is 41.3 Å². The Hall–Kier alpha value is -1.13. The molecule has 0 aliphatic carbocycles. The second kappa shape index (κ2) is 12.4. The molecule has 0 fully saturated rings. The Bertz CT molecular complexity index is 663. The summed E-state index contributed by atoms with van der Waals surface area (Å²) in [5.74, 6) is 1.76. The van der Waals surface area contributed by atoms with Crippen LogP contribution in [0, 0.1) is 0 Å². The van der Waals surface area contributed by atoms with Crippen molar-refractivity contribution < 1.29 is 4.52 Å². The van der Waals surface area contributed by atoms with Gasteiger partial charge < -0.3 is 20.1 Å². The van der Waals surface area contributed by atoms with E-state index in [0.29, 0.717) is 12.6 Å². The third-order valence-electron chi connectivity index (χ3n) is 4.30. The Labute approximate surface area is 183 Å². The largest absolute Gasteiger partial charge is 0.361 e. The summed E-state index contributed by atoms with van der Waals surface area (Å²) in [6, 6.07) is 4.59.